The van der Waals surface area contributed by atoms with Crippen molar-refractivity contribution in [2.75, 3.05) is 13.1 Å². The summed E-state index contributed by atoms with van der Waals surface area (Å²) < 4.78 is 40.7. The van der Waals surface area contributed by atoms with Crippen molar-refractivity contribution in [3.05, 3.63) is 52.6 Å². The second kappa shape index (κ2) is 8.05. The molecule has 0 saturated carbocycles. The number of carbonyl (C=O) groups is 1. The Morgan fingerprint density at radius 3 is 2.43 bits per heavy atom. The lowest BCUT2D eigenvalue weighted by Crippen LogP contribution is -2.38. The quantitative estimate of drug-likeness (QED) is 0.799. The minimum atomic E-state index is -3.65. The molecule has 0 radical (unpaired) electrons. The van der Waals surface area contributed by atoms with Gasteiger partial charge in [0, 0.05) is 25.3 Å². The third-order valence-electron chi connectivity index (χ3n) is 5.30. The molecular weight excluding hydrogens is 381 g/mol. The van der Waals surface area contributed by atoms with Crippen molar-refractivity contribution < 1.29 is 17.6 Å². The summed E-state index contributed by atoms with van der Waals surface area (Å²) in [6.45, 7) is 6.67. The molecule has 8 heteroatoms. The number of hydrogen-bond acceptors (Lipinski definition) is 3. The van der Waals surface area contributed by atoms with Crippen LogP contribution in [-0.2, 0) is 16.6 Å². The van der Waals surface area contributed by atoms with Crippen molar-refractivity contribution in [3.8, 4) is 0 Å². The minimum absolute atomic E-state index is 0.189. The number of sulfonamides is 1. The maximum atomic E-state index is 13.1. The van der Waals surface area contributed by atoms with Crippen LogP contribution >= 0.6 is 0 Å². The summed E-state index contributed by atoms with van der Waals surface area (Å²) in [5.41, 5.74) is 1.88. The van der Waals surface area contributed by atoms with Crippen LogP contribution in [0.3, 0.4) is 0 Å². The van der Waals surface area contributed by atoms with Crippen molar-refractivity contribution in [2.45, 2.75) is 45.1 Å². The SMILES string of the molecule is Cc1[nH]c(C(=O)NCc2ccc(F)cc2)c(C)c1S(=O)(=O)N1CCC(C)CC1. The van der Waals surface area contributed by atoms with Gasteiger partial charge in [-0.05, 0) is 55.9 Å². The van der Waals surface area contributed by atoms with E-state index in [1.807, 2.05) is 0 Å². The van der Waals surface area contributed by atoms with E-state index in [9.17, 15) is 17.6 Å². The summed E-state index contributed by atoms with van der Waals surface area (Å²) in [7, 11) is -3.65. The summed E-state index contributed by atoms with van der Waals surface area (Å²) in [5.74, 6) is -0.209. The van der Waals surface area contributed by atoms with Gasteiger partial charge >= 0.3 is 0 Å². The molecule has 0 unspecified atom stereocenters. The summed E-state index contributed by atoms with van der Waals surface area (Å²) >= 11 is 0. The van der Waals surface area contributed by atoms with Crippen LogP contribution in [0.2, 0.25) is 0 Å². The van der Waals surface area contributed by atoms with Gasteiger partial charge in [-0.3, -0.25) is 4.79 Å². The molecule has 0 atom stereocenters. The van der Waals surface area contributed by atoms with Gasteiger partial charge in [0.1, 0.15) is 16.4 Å². The standard InChI is InChI=1S/C20H26FN3O3S/c1-13-8-10-24(11-9-13)28(26,27)19-14(2)18(23-15(19)3)20(25)22-12-16-4-6-17(21)7-5-16/h4-7,13,23H,8-12H2,1-3H3,(H,22,25). The Morgan fingerprint density at radius 2 is 1.82 bits per heavy atom. The van der Waals surface area contributed by atoms with E-state index < -0.39 is 15.9 Å². The molecule has 1 aromatic carbocycles. The van der Waals surface area contributed by atoms with Crippen LogP contribution in [0.25, 0.3) is 0 Å². The number of piperidine rings is 1. The maximum absolute atomic E-state index is 13.1. The molecule has 1 aliphatic heterocycles. The number of amides is 1. The third kappa shape index (κ3) is 4.12. The van der Waals surface area contributed by atoms with Gasteiger partial charge in [-0.1, -0.05) is 19.1 Å². The highest BCUT2D eigenvalue weighted by molar-refractivity contribution is 7.89. The van der Waals surface area contributed by atoms with E-state index in [0.29, 0.717) is 30.3 Å². The first-order valence-electron chi connectivity index (χ1n) is 9.42. The van der Waals surface area contributed by atoms with Gasteiger partial charge in [-0.15, -0.1) is 0 Å². The van der Waals surface area contributed by atoms with Crippen LogP contribution in [0.1, 0.15) is 47.1 Å². The maximum Gasteiger partial charge on any atom is 0.268 e. The second-order valence-electron chi connectivity index (χ2n) is 7.47. The first-order chi connectivity index (χ1) is 13.2. The van der Waals surface area contributed by atoms with Gasteiger partial charge in [-0.2, -0.15) is 4.31 Å². The highest BCUT2D eigenvalue weighted by Gasteiger charge is 2.33. The van der Waals surface area contributed by atoms with E-state index in [1.165, 1.54) is 16.4 Å². The largest absolute Gasteiger partial charge is 0.353 e. The number of benzene rings is 1. The molecule has 0 spiro atoms. The third-order valence-corrected chi connectivity index (χ3v) is 7.48. The molecule has 1 saturated heterocycles. The van der Waals surface area contributed by atoms with Gasteiger partial charge in [-0.25, -0.2) is 12.8 Å². The van der Waals surface area contributed by atoms with E-state index in [4.69, 9.17) is 0 Å². The second-order valence-corrected chi connectivity index (χ2v) is 9.35. The first kappa shape index (κ1) is 20.5. The van der Waals surface area contributed by atoms with Crippen LogP contribution < -0.4 is 5.32 Å². The summed E-state index contributed by atoms with van der Waals surface area (Å²) in [6.07, 6.45) is 1.68. The Balaban J connectivity index is 1.79. The Hall–Kier alpha value is -2.19. The number of nitrogens with one attached hydrogen (secondary N) is 2. The Labute approximate surface area is 165 Å². The van der Waals surface area contributed by atoms with E-state index >= 15 is 0 Å². The fourth-order valence-electron chi connectivity index (χ4n) is 3.57. The number of hydrogen-bond donors (Lipinski definition) is 2. The van der Waals surface area contributed by atoms with Crippen molar-refractivity contribution in [2.24, 2.45) is 5.92 Å². The predicted octanol–water partition coefficient (Wildman–Crippen LogP) is 3.12. The Morgan fingerprint density at radius 1 is 1.21 bits per heavy atom. The molecule has 1 aliphatic rings. The summed E-state index contributed by atoms with van der Waals surface area (Å²) in [4.78, 5) is 15.7. The van der Waals surface area contributed by atoms with Crippen LogP contribution in [0.4, 0.5) is 4.39 Å². The van der Waals surface area contributed by atoms with Crippen molar-refractivity contribution in [1.82, 2.24) is 14.6 Å². The fraction of sp³-hybridized carbons (Fsp3) is 0.450. The average Bonchev–Trinajstić information content (AvgIpc) is 2.96. The smallest absolute Gasteiger partial charge is 0.268 e. The molecule has 1 amide bonds. The lowest BCUT2D eigenvalue weighted by Gasteiger charge is -2.29. The number of rotatable bonds is 5. The lowest BCUT2D eigenvalue weighted by molar-refractivity contribution is 0.0945. The molecule has 0 aliphatic carbocycles. The lowest BCUT2D eigenvalue weighted by atomic mass is 10.0. The number of carbonyl (C=O) groups excluding carboxylic acids is 1. The molecule has 1 aromatic heterocycles. The van der Waals surface area contributed by atoms with Crippen LogP contribution in [-0.4, -0.2) is 36.7 Å². The zero-order chi connectivity index (χ0) is 20.5. The van der Waals surface area contributed by atoms with E-state index in [2.05, 4.69) is 17.2 Å². The fourth-order valence-corrected chi connectivity index (χ4v) is 5.45. The van der Waals surface area contributed by atoms with Gasteiger partial charge in [0.2, 0.25) is 10.0 Å². The van der Waals surface area contributed by atoms with Gasteiger partial charge in [0.15, 0.2) is 0 Å². The van der Waals surface area contributed by atoms with E-state index in [0.717, 1.165) is 18.4 Å². The molecule has 2 heterocycles. The van der Waals surface area contributed by atoms with Crippen molar-refractivity contribution in [3.63, 3.8) is 0 Å². The number of nitrogens with zero attached hydrogens (tertiary/aromatic N) is 1. The normalized spacial score (nSPS) is 16.3. The number of aromatic amines is 1. The molecule has 2 N–H and O–H groups in total. The highest BCUT2D eigenvalue weighted by Crippen LogP contribution is 2.29. The molecule has 6 nitrogen and oxygen atoms in total. The van der Waals surface area contributed by atoms with Gasteiger partial charge in [0.25, 0.3) is 5.91 Å². The van der Waals surface area contributed by atoms with Gasteiger partial charge in [0.05, 0.1) is 0 Å². The molecule has 152 valence electrons. The van der Waals surface area contributed by atoms with Crippen LogP contribution in [0.15, 0.2) is 29.2 Å². The monoisotopic (exact) mass is 407 g/mol. The zero-order valence-electron chi connectivity index (χ0n) is 16.4. The van der Waals surface area contributed by atoms with Crippen LogP contribution in [0.5, 0.6) is 0 Å². The van der Waals surface area contributed by atoms with Crippen molar-refractivity contribution >= 4 is 15.9 Å². The predicted molar refractivity (Wildman–Crippen MR) is 105 cm³/mol. The number of aromatic nitrogens is 1. The molecular formula is C20H26FN3O3S. The van der Waals surface area contributed by atoms with E-state index in [-0.39, 0.29) is 23.0 Å². The average molecular weight is 408 g/mol. The Bertz CT molecular complexity index is 959. The number of aryl methyl sites for hydroxylation is 1. The summed E-state index contributed by atoms with van der Waals surface area (Å²) in [6, 6.07) is 5.84. The van der Waals surface area contributed by atoms with E-state index in [1.54, 1.807) is 26.0 Å². The topological polar surface area (TPSA) is 82.3 Å². The van der Waals surface area contributed by atoms with Crippen LogP contribution in [0, 0.1) is 25.6 Å². The molecule has 0 bridgehead atoms. The number of H-pyrrole nitrogens is 1. The van der Waals surface area contributed by atoms with Gasteiger partial charge < -0.3 is 10.3 Å². The molecule has 28 heavy (non-hydrogen) atoms. The minimum Gasteiger partial charge on any atom is -0.353 e. The highest BCUT2D eigenvalue weighted by atomic mass is 32.2. The molecule has 3 rings (SSSR count). The summed E-state index contributed by atoms with van der Waals surface area (Å²) in [5, 5.41) is 2.75. The van der Waals surface area contributed by atoms with Crippen molar-refractivity contribution in [1.29, 1.82) is 0 Å². The number of halogens is 1. The Kier molecular flexibility index (Phi) is 5.90. The first-order valence-corrected chi connectivity index (χ1v) is 10.9. The molecule has 2 aromatic rings. The zero-order valence-corrected chi connectivity index (χ0v) is 17.2. The molecule has 1 fully saturated rings.